The highest BCUT2D eigenvalue weighted by Crippen LogP contribution is 2.45. The van der Waals surface area contributed by atoms with E-state index in [1.165, 1.54) is 49.9 Å². The van der Waals surface area contributed by atoms with Crippen molar-refractivity contribution in [3.8, 4) is 12.1 Å². The van der Waals surface area contributed by atoms with Crippen molar-refractivity contribution in [3.05, 3.63) is 23.3 Å². The summed E-state index contributed by atoms with van der Waals surface area (Å²) in [6.45, 7) is 2.16. The fourth-order valence-electron chi connectivity index (χ4n) is 4.53. The van der Waals surface area contributed by atoms with Gasteiger partial charge in [0.2, 0.25) is 0 Å². The van der Waals surface area contributed by atoms with E-state index < -0.39 is 0 Å². The second kappa shape index (κ2) is 5.21. The minimum Gasteiger partial charge on any atom is -0.365 e. The van der Waals surface area contributed by atoms with Crippen LogP contribution in [0, 0.1) is 22.7 Å². The summed E-state index contributed by atoms with van der Waals surface area (Å²) in [7, 11) is 0. The molecule has 2 fully saturated rings. The Morgan fingerprint density at radius 1 is 0.773 bits per heavy atom. The number of benzene rings is 1. The van der Waals surface area contributed by atoms with E-state index in [1.807, 2.05) is 12.1 Å². The highest BCUT2D eigenvalue weighted by molar-refractivity contribution is 5.79. The quantitative estimate of drug-likeness (QED) is 0.737. The summed E-state index contributed by atoms with van der Waals surface area (Å²) < 4.78 is 0. The van der Waals surface area contributed by atoms with Gasteiger partial charge >= 0.3 is 0 Å². The Kier molecular flexibility index (Phi) is 3.19. The molecule has 3 heterocycles. The first-order valence-corrected chi connectivity index (χ1v) is 8.35. The van der Waals surface area contributed by atoms with Crippen molar-refractivity contribution < 1.29 is 0 Å². The molecule has 112 valence electrons. The zero-order valence-electron chi connectivity index (χ0n) is 12.8. The summed E-state index contributed by atoms with van der Waals surface area (Å²) >= 11 is 0. The molecule has 3 aliphatic heterocycles. The molecule has 4 heteroatoms. The normalized spacial score (nSPS) is 26.3. The Morgan fingerprint density at radius 2 is 1.23 bits per heavy atom. The Bertz CT molecular complexity index is 623. The molecule has 0 bridgehead atoms. The molecule has 0 aromatic heterocycles. The fourth-order valence-corrected chi connectivity index (χ4v) is 4.53. The monoisotopic (exact) mass is 292 g/mol. The number of rotatable bonds is 0. The van der Waals surface area contributed by atoms with Crippen LogP contribution in [0.2, 0.25) is 0 Å². The van der Waals surface area contributed by atoms with Crippen LogP contribution >= 0.6 is 0 Å². The fraction of sp³-hybridized carbons (Fsp3) is 0.556. The van der Waals surface area contributed by atoms with Crippen LogP contribution in [-0.2, 0) is 0 Å². The van der Waals surface area contributed by atoms with Gasteiger partial charge in [-0.25, -0.2) is 0 Å². The van der Waals surface area contributed by atoms with Gasteiger partial charge in [0.15, 0.2) is 0 Å². The molecule has 0 amide bonds. The van der Waals surface area contributed by atoms with E-state index in [1.54, 1.807) is 0 Å². The van der Waals surface area contributed by atoms with Crippen molar-refractivity contribution >= 4 is 11.4 Å². The lowest BCUT2D eigenvalue weighted by molar-refractivity contribution is 0.327. The average Bonchev–Trinajstić information content (AvgIpc) is 2.60. The molecule has 0 saturated carbocycles. The van der Waals surface area contributed by atoms with Crippen LogP contribution in [0.25, 0.3) is 0 Å². The first-order chi connectivity index (χ1) is 10.8. The molecule has 0 aliphatic carbocycles. The number of hydrogen-bond acceptors (Lipinski definition) is 4. The van der Waals surface area contributed by atoms with Crippen LogP contribution in [0.1, 0.15) is 49.7 Å². The summed E-state index contributed by atoms with van der Waals surface area (Å²) in [5, 5.41) is 18.7. The van der Waals surface area contributed by atoms with Gasteiger partial charge in [0.05, 0.1) is 22.5 Å². The molecule has 4 nitrogen and oxygen atoms in total. The minimum absolute atomic E-state index is 0.515. The first-order valence-electron chi connectivity index (χ1n) is 8.35. The van der Waals surface area contributed by atoms with Crippen LogP contribution < -0.4 is 9.80 Å². The van der Waals surface area contributed by atoms with E-state index in [-0.39, 0.29) is 0 Å². The van der Waals surface area contributed by atoms with E-state index >= 15 is 0 Å². The van der Waals surface area contributed by atoms with Gasteiger partial charge in [0.1, 0.15) is 12.1 Å². The Balaban J connectivity index is 1.89. The zero-order valence-corrected chi connectivity index (χ0v) is 12.8. The SMILES string of the molecule is N#Cc1cc2c(cc1C#N)N1CCCC[C@@H]1[C@H]1CCCCN21. The molecular formula is C18H20N4. The summed E-state index contributed by atoms with van der Waals surface area (Å²) in [4.78, 5) is 5.04. The standard InChI is InChI=1S/C18H20N4/c19-11-13-9-17-18(10-14(13)12-20)22-8-4-2-6-16(22)15-5-1-3-7-21(15)17/h9-10,15-16H,1-8H2/t15-,16-/m1/s1. The smallest absolute Gasteiger partial charge is 0.101 e. The topological polar surface area (TPSA) is 54.1 Å². The number of hydrogen-bond donors (Lipinski definition) is 0. The lowest BCUT2D eigenvalue weighted by atomic mass is 9.84. The van der Waals surface area contributed by atoms with Crippen molar-refractivity contribution in [2.45, 2.75) is 50.6 Å². The average molecular weight is 292 g/mol. The number of fused-ring (bicyclic) bond motifs is 6. The lowest BCUT2D eigenvalue weighted by Gasteiger charge is -2.54. The van der Waals surface area contributed by atoms with E-state index in [2.05, 4.69) is 21.9 Å². The molecule has 0 radical (unpaired) electrons. The zero-order chi connectivity index (χ0) is 15.1. The summed E-state index contributed by atoms with van der Waals surface area (Å²) in [5.74, 6) is 0. The van der Waals surface area contributed by atoms with Crippen molar-refractivity contribution in [1.82, 2.24) is 0 Å². The third-order valence-corrected chi connectivity index (χ3v) is 5.52. The van der Waals surface area contributed by atoms with Gasteiger partial charge in [0, 0.05) is 25.2 Å². The maximum atomic E-state index is 9.35. The molecule has 2 atom stereocenters. The third-order valence-electron chi connectivity index (χ3n) is 5.52. The Labute approximate surface area is 131 Å². The molecule has 22 heavy (non-hydrogen) atoms. The van der Waals surface area contributed by atoms with Crippen LogP contribution in [0.5, 0.6) is 0 Å². The Morgan fingerprint density at radius 3 is 1.64 bits per heavy atom. The number of piperidine rings is 2. The molecule has 1 aromatic rings. The number of nitrogens with zero attached hydrogens (tertiary/aromatic N) is 4. The second-order valence-electron chi connectivity index (χ2n) is 6.62. The van der Waals surface area contributed by atoms with Crippen LogP contribution in [0.4, 0.5) is 11.4 Å². The van der Waals surface area contributed by atoms with Crippen molar-refractivity contribution in [2.24, 2.45) is 0 Å². The van der Waals surface area contributed by atoms with Crippen molar-refractivity contribution in [2.75, 3.05) is 22.9 Å². The number of nitriles is 2. The summed E-state index contributed by atoms with van der Waals surface area (Å²) in [6, 6.07) is 9.47. The molecule has 3 aliphatic rings. The third kappa shape index (κ3) is 1.87. The summed E-state index contributed by atoms with van der Waals surface area (Å²) in [6.07, 6.45) is 7.57. The largest absolute Gasteiger partial charge is 0.365 e. The van der Waals surface area contributed by atoms with Gasteiger partial charge in [-0.3, -0.25) is 0 Å². The van der Waals surface area contributed by atoms with Gasteiger partial charge in [-0.1, -0.05) is 0 Å². The number of anilines is 2. The van der Waals surface area contributed by atoms with Gasteiger partial charge in [0.25, 0.3) is 0 Å². The maximum absolute atomic E-state index is 9.35. The molecular weight excluding hydrogens is 272 g/mol. The predicted molar refractivity (Wildman–Crippen MR) is 85.8 cm³/mol. The molecule has 1 aromatic carbocycles. The van der Waals surface area contributed by atoms with Crippen LogP contribution in [0.3, 0.4) is 0 Å². The van der Waals surface area contributed by atoms with E-state index in [0.717, 1.165) is 13.1 Å². The van der Waals surface area contributed by atoms with Crippen molar-refractivity contribution in [3.63, 3.8) is 0 Å². The molecule has 0 N–H and O–H groups in total. The van der Waals surface area contributed by atoms with Gasteiger partial charge in [-0.05, 0) is 50.7 Å². The first kappa shape index (κ1) is 13.5. The summed E-state index contributed by atoms with van der Waals surface area (Å²) in [5.41, 5.74) is 3.39. The van der Waals surface area contributed by atoms with Crippen LogP contribution in [-0.4, -0.2) is 25.2 Å². The highest BCUT2D eigenvalue weighted by atomic mass is 15.3. The van der Waals surface area contributed by atoms with Gasteiger partial charge in [-0.2, -0.15) is 10.5 Å². The van der Waals surface area contributed by atoms with Crippen molar-refractivity contribution in [1.29, 1.82) is 10.5 Å². The highest BCUT2D eigenvalue weighted by Gasteiger charge is 2.41. The molecule has 0 unspecified atom stereocenters. The molecule has 0 spiro atoms. The molecule has 2 saturated heterocycles. The Hall–Kier alpha value is -2.20. The van der Waals surface area contributed by atoms with E-state index in [0.29, 0.717) is 23.2 Å². The maximum Gasteiger partial charge on any atom is 0.101 e. The second-order valence-corrected chi connectivity index (χ2v) is 6.62. The molecule has 4 rings (SSSR count). The van der Waals surface area contributed by atoms with E-state index in [4.69, 9.17) is 0 Å². The van der Waals surface area contributed by atoms with Gasteiger partial charge in [-0.15, -0.1) is 0 Å². The minimum atomic E-state index is 0.515. The van der Waals surface area contributed by atoms with Gasteiger partial charge < -0.3 is 9.80 Å². The van der Waals surface area contributed by atoms with E-state index in [9.17, 15) is 10.5 Å². The lowest BCUT2D eigenvalue weighted by Crippen LogP contribution is -2.59. The van der Waals surface area contributed by atoms with Crippen LogP contribution in [0.15, 0.2) is 12.1 Å². The predicted octanol–water partition coefficient (Wildman–Crippen LogP) is 3.16.